The fourth-order valence-electron chi connectivity index (χ4n) is 1.49. The maximum Gasteiger partial charge on any atom is 0.306 e. The first-order chi connectivity index (χ1) is 5.57. The molecular weight excluding hydrogens is 156 g/mol. The summed E-state index contributed by atoms with van der Waals surface area (Å²) in [6.07, 6.45) is 6.88. The fraction of sp³-hybridized carbons (Fsp3) is 0.667. The zero-order valence-corrected chi connectivity index (χ0v) is 6.79. The van der Waals surface area contributed by atoms with Crippen molar-refractivity contribution in [3.8, 4) is 12.3 Å². The van der Waals surface area contributed by atoms with Crippen LogP contribution in [0.15, 0.2) is 0 Å². The molecule has 0 saturated heterocycles. The molecule has 1 aliphatic carbocycles. The van der Waals surface area contributed by atoms with E-state index in [1.165, 1.54) is 0 Å². The number of hydrogen-bond donors (Lipinski definition) is 2. The summed E-state index contributed by atoms with van der Waals surface area (Å²) in [4.78, 5) is 10.5. The van der Waals surface area contributed by atoms with Crippen molar-refractivity contribution in [1.29, 1.82) is 0 Å². The summed E-state index contributed by atoms with van der Waals surface area (Å²) in [7, 11) is 0. The Morgan fingerprint density at radius 1 is 1.50 bits per heavy atom. The van der Waals surface area contributed by atoms with Gasteiger partial charge in [0.2, 0.25) is 0 Å². The lowest BCUT2D eigenvalue weighted by Crippen LogP contribution is -2.34. The largest absolute Gasteiger partial charge is 0.481 e. The second-order valence-corrected chi connectivity index (χ2v) is 3.29. The van der Waals surface area contributed by atoms with Crippen molar-refractivity contribution >= 4 is 5.97 Å². The van der Waals surface area contributed by atoms with E-state index in [2.05, 4.69) is 5.92 Å². The van der Waals surface area contributed by atoms with Crippen molar-refractivity contribution in [1.82, 2.24) is 0 Å². The molecule has 2 N–H and O–H groups in total. The highest BCUT2D eigenvalue weighted by atomic mass is 16.4. The van der Waals surface area contributed by atoms with E-state index in [0.717, 1.165) is 0 Å². The summed E-state index contributed by atoms with van der Waals surface area (Å²) in [5.74, 6) is 1.20. The van der Waals surface area contributed by atoms with Crippen molar-refractivity contribution in [3.05, 3.63) is 0 Å². The van der Waals surface area contributed by atoms with E-state index >= 15 is 0 Å². The van der Waals surface area contributed by atoms with E-state index in [4.69, 9.17) is 11.5 Å². The van der Waals surface area contributed by atoms with Crippen molar-refractivity contribution in [3.63, 3.8) is 0 Å². The van der Waals surface area contributed by atoms with Gasteiger partial charge in [0, 0.05) is 0 Å². The van der Waals surface area contributed by atoms with Gasteiger partial charge in [0.15, 0.2) is 0 Å². The molecule has 3 heteroatoms. The molecule has 1 fully saturated rings. The van der Waals surface area contributed by atoms with Crippen LogP contribution in [0.1, 0.15) is 25.7 Å². The normalized spacial score (nSPS) is 35.5. The van der Waals surface area contributed by atoms with E-state index in [0.29, 0.717) is 25.7 Å². The van der Waals surface area contributed by atoms with Crippen LogP contribution in [0.4, 0.5) is 0 Å². The van der Waals surface area contributed by atoms with Crippen molar-refractivity contribution < 1.29 is 15.0 Å². The first kappa shape index (κ1) is 9.08. The number of carboxylic acid groups (broad SMARTS) is 1. The molecule has 0 amide bonds. The highest BCUT2D eigenvalue weighted by Gasteiger charge is 2.33. The predicted octanol–water partition coefficient (Wildman–Crippen LogP) is 0.626. The molecule has 0 aliphatic heterocycles. The summed E-state index contributed by atoms with van der Waals surface area (Å²) < 4.78 is 0. The molecular formula is C9H12O3. The Kier molecular flexibility index (Phi) is 2.39. The van der Waals surface area contributed by atoms with Gasteiger partial charge >= 0.3 is 5.97 Å². The van der Waals surface area contributed by atoms with Gasteiger partial charge < -0.3 is 10.2 Å². The molecule has 0 bridgehead atoms. The van der Waals surface area contributed by atoms with Gasteiger partial charge in [0.05, 0.1) is 5.92 Å². The molecule has 12 heavy (non-hydrogen) atoms. The topological polar surface area (TPSA) is 57.5 Å². The number of carboxylic acids is 1. The second kappa shape index (κ2) is 3.16. The Labute approximate surface area is 71.4 Å². The number of aliphatic carboxylic acids is 1. The van der Waals surface area contributed by atoms with E-state index < -0.39 is 11.6 Å². The maximum absolute atomic E-state index is 10.5. The van der Waals surface area contributed by atoms with E-state index in [-0.39, 0.29) is 5.92 Å². The SMILES string of the molecule is C#CC1(O)CCC(C(=O)O)CC1. The molecule has 0 aromatic carbocycles. The Morgan fingerprint density at radius 3 is 2.33 bits per heavy atom. The van der Waals surface area contributed by atoms with E-state index in [1.54, 1.807) is 0 Å². The average Bonchev–Trinajstić information content (AvgIpc) is 2.05. The van der Waals surface area contributed by atoms with Gasteiger partial charge in [0.1, 0.15) is 5.60 Å². The van der Waals surface area contributed by atoms with Gasteiger partial charge in [-0.05, 0) is 25.7 Å². The summed E-state index contributed by atoms with van der Waals surface area (Å²) in [5.41, 5.74) is -1.05. The highest BCUT2D eigenvalue weighted by Crippen LogP contribution is 2.31. The molecule has 0 spiro atoms. The summed E-state index contributed by atoms with van der Waals surface area (Å²) in [6.45, 7) is 0. The summed E-state index contributed by atoms with van der Waals surface area (Å²) in [5, 5.41) is 18.2. The molecule has 3 nitrogen and oxygen atoms in total. The molecule has 0 aromatic rings. The number of terminal acetylenes is 1. The molecule has 0 radical (unpaired) electrons. The molecule has 0 heterocycles. The van der Waals surface area contributed by atoms with E-state index in [1.807, 2.05) is 0 Å². The minimum atomic E-state index is -1.05. The van der Waals surface area contributed by atoms with Gasteiger partial charge in [0.25, 0.3) is 0 Å². The number of carbonyl (C=O) groups is 1. The van der Waals surface area contributed by atoms with Gasteiger partial charge in [-0.3, -0.25) is 4.79 Å². The highest BCUT2D eigenvalue weighted by molar-refractivity contribution is 5.70. The standard InChI is InChI=1S/C9H12O3/c1-2-9(12)5-3-7(4-6-9)8(10)11/h1,7,12H,3-6H2,(H,10,11). The van der Waals surface area contributed by atoms with Crippen LogP contribution in [-0.4, -0.2) is 21.8 Å². The van der Waals surface area contributed by atoms with Crippen LogP contribution in [0.2, 0.25) is 0 Å². The van der Waals surface area contributed by atoms with Crippen molar-refractivity contribution in [2.45, 2.75) is 31.3 Å². The molecule has 1 rings (SSSR count). The third kappa shape index (κ3) is 1.77. The molecule has 0 unspecified atom stereocenters. The third-order valence-corrected chi connectivity index (χ3v) is 2.43. The summed E-state index contributed by atoms with van der Waals surface area (Å²) in [6, 6.07) is 0. The van der Waals surface area contributed by atoms with Gasteiger partial charge in [-0.25, -0.2) is 0 Å². The minimum Gasteiger partial charge on any atom is -0.481 e. The molecule has 0 aromatic heterocycles. The Morgan fingerprint density at radius 2 is 2.00 bits per heavy atom. The molecule has 1 aliphatic rings. The number of aliphatic hydroxyl groups is 1. The van der Waals surface area contributed by atoms with Crippen molar-refractivity contribution in [2.24, 2.45) is 5.92 Å². The number of rotatable bonds is 1. The van der Waals surface area contributed by atoms with E-state index in [9.17, 15) is 9.90 Å². The third-order valence-electron chi connectivity index (χ3n) is 2.43. The van der Waals surface area contributed by atoms with Crippen LogP contribution in [-0.2, 0) is 4.79 Å². The van der Waals surface area contributed by atoms with Crippen LogP contribution in [0.25, 0.3) is 0 Å². The Bertz CT molecular complexity index is 218. The number of hydrogen-bond acceptors (Lipinski definition) is 2. The quantitative estimate of drug-likeness (QED) is 0.564. The first-order valence-electron chi connectivity index (χ1n) is 4.00. The van der Waals surface area contributed by atoms with Crippen LogP contribution in [0.5, 0.6) is 0 Å². The van der Waals surface area contributed by atoms with Crippen LogP contribution < -0.4 is 0 Å². The van der Waals surface area contributed by atoms with Gasteiger partial charge in [-0.2, -0.15) is 0 Å². The maximum atomic E-state index is 10.5. The van der Waals surface area contributed by atoms with Crippen molar-refractivity contribution in [2.75, 3.05) is 0 Å². The fourth-order valence-corrected chi connectivity index (χ4v) is 1.49. The first-order valence-corrected chi connectivity index (χ1v) is 4.00. The Hall–Kier alpha value is -1.01. The van der Waals surface area contributed by atoms with Crippen LogP contribution in [0, 0.1) is 18.3 Å². The zero-order valence-electron chi connectivity index (χ0n) is 6.79. The van der Waals surface area contributed by atoms with Gasteiger partial charge in [-0.15, -0.1) is 6.42 Å². The summed E-state index contributed by atoms with van der Waals surface area (Å²) >= 11 is 0. The molecule has 1 saturated carbocycles. The lowest BCUT2D eigenvalue weighted by molar-refractivity contribution is -0.144. The zero-order chi connectivity index (χ0) is 9.19. The Balaban J connectivity index is 2.51. The lowest BCUT2D eigenvalue weighted by Gasteiger charge is -2.29. The molecule has 0 atom stereocenters. The second-order valence-electron chi connectivity index (χ2n) is 3.29. The van der Waals surface area contributed by atoms with Crippen LogP contribution >= 0.6 is 0 Å². The van der Waals surface area contributed by atoms with Crippen LogP contribution in [0.3, 0.4) is 0 Å². The monoisotopic (exact) mass is 168 g/mol. The lowest BCUT2D eigenvalue weighted by atomic mass is 9.79. The average molecular weight is 168 g/mol. The smallest absolute Gasteiger partial charge is 0.306 e. The predicted molar refractivity (Wildman–Crippen MR) is 43.4 cm³/mol. The minimum absolute atomic E-state index is 0.321. The van der Waals surface area contributed by atoms with Gasteiger partial charge in [-0.1, -0.05) is 5.92 Å². The molecule has 66 valence electrons.